The molecule has 0 radical (unpaired) electrons. The summed E-state index contributed by atoms with van der Waals surface area (Å²) in [7, 11) is 0. The Balaban J connectivity index is 3.46. The SMILES string of the molecule is CC(C)(CCBr)NCCOCC(F)(F)F. The molecule has 0 aromatic carbocycles. The molecular weight excluding hydrogens is 275 g/mol. The molecule has 0 spiro atoms. The van der Waals surface area contributed by atoms with Crippen LogP contribution in [-0.2, 0) is 4.74 Å². The summed E-state index contributed by atoms with van der Waals surface area (Å²) in [6, 6.07) is 0. The Hall–Kier alpha value is 0.190. The van der Waals surface area contributed by atoms with Gasteiger partial charge in [-0.15, -0.1) is 0 Å². The fourth-order valence-corrected chi connectivity index (χ4v) is 1.97. The van der Waals surface area contributed by atoms with Gasteiger partial charge >= 0.3 is 6.18 Å². The molecule has 0 aliphatic carbocycles. The second-order valence-electron chi connectivity index (χ2n) is 3.92. The molecule has 6 heteroatoms. The summed E-state index contributed by atoms with van der Waals surface area (Å²) in [6.45, 7) is 3.32. The van der Waals surface area contributed by atoms with Crippen molar-refractivity contribution in [2.75, 3.05) is 25.1 Å². The van der Waals surface area contributed by atoms with Crippen molar-refractivity contribution in [2.24, 2.45) is 0 Å². The van der Waals surface area contributed by atoms with Crippen LogP contribution in [0.4, 0.5) is 13.2 Å². The molecule has 0 aromatic rings. The number of ether oxygens (including phenoxy) is 1. The Kier molecular flexibility index (Phi) is 6.79. The maximum absolute atomic E-state index is 11.7. The van der Waals surface area contributed by atoms with Crippen LogP contribution in [0.15, 0.2) is 0 Å². The predicted octanol–water partition coefficient (Wildman–Crippen LogP) is 2.72. The number of hydrogen-bond acceptors (Lipinski definition) is 2. The molecule has 0 aromatic heterocycles. The first-order chi connectivity index (χ1) is 6.77. The van der Waals surface area contributed by atoms with Crippen molar-refractivity contribution in [3.63, 3.8) is 0 Å². The van der Waals surface area contributed by atoms with E-state index in [1.807, 2.05) is 13.8 Å². The number of rotatable bonds is 7. The van der Waals surface area contributed by atoms with E-state index in [0.717, 1.165) is 11.8 Å². The van der Waals surface area contributed by atoms with Crippen LogP contribution in [0.5, 0.6) is 0 Å². The largest absolute Gasteiger partial charge is 0.411 e. The average molecular weight is 292 g/mol. The van der Waals surface area contributed by atoms with Gasteiger partial charge in [-0.05, 0) is 20.3 Å². The Bertz CT molecular complexity index is 173. The zero-order valence-electron chi connectivity index (χ0n) is 8.96. The van der Waals surface area contributed by atoms with Crippen molar-refractivity contribution in [1.29, 1.82) is 0 Å². The van der Waals surface area contributed by atoms with Gasteiger partial charge in [0.05, 0.1) is 6.61 Å². The van der Waals surface area contributed by atoms with E-state index in [1.54, 1.807) is 0 Å². The number of halogens is 4. The molecule has 0 heterocycles. The summed E-state index contributed by atoms with van der Waals surface area (Å²) in [5.74, 6) is 0. The molecule has 0 aliphatic rings. The number of alkyl halides is 4. The molecule has 0 fully saturated rings. The van der Waals surface area contributed by atoms with Gasteiger partial charge in [-0.3, -0.25) is 0 Å². The van der Waals surface area contributed by atoms with Crippen LogP contribution in [0, 0.1) is 0 Å². The summed E-state index contributed by atoms with van der Waals surface area (Å²) in [5.41, 5.74) is -0.0783. The lowest BCUT2D eigenvalue weighted by molar-refractivity contribution is -0.173. The average Bonchev–Trinajstić information content (AvgIpc) is 2.00. The maximum Gasteiger partial charge on any atom is 0.411 e. The van der Waals surface area contributed by atoms with Crippen molar-refractivity contribution in [3.05, 3.63) is 0 Å². The fourth-order valence-electron chi connectivity index (χ4n) is 0.974. The number of nitrogens with one attached hydrogen (secondary N) is 1. The van der Waals surface area contributed by atoms with Gasteiger partial charge in [0, 0.05) is 17.4 Å². The molecule has 0 unspecified atom stereocenters. The monoisotopic (exact) mass is 291 g/mol. The Morgan fingerprint density at radius 1 is 1.27 bits per heavy atom. The lowest BCUT2D eigenvalue weighted by atomic mass is 10.0. The third-order valence-corrected chi connectivity index (χ3v) is 2.23. The minimum Gasteiger partial charge on any atom is -0.371 e. The molecule has 0 saturated carbocycles. The van der Waals surface area contributed by atoms with Crippen molar-refractivity contribution in [2.45, 2.75) is 32.0 Å². The standard InChI is InChI=1S/C9H17BrF3NO/c1-8(2,3-4-10)14-5-6-15-7-9(11,12)13/h14H,3-7H2,1-2H3. The summed E-state index contributed by atoms with van der Waals surface area (Å²) in [4.78, 5) is 0. The Morgan fingerprint density at radius 2 is 1.87 bits per heavy atom. The molecule has 1 N–H and O–H groups in total. The zero-order valence-corrected chi connectivity index (χ0v) is 10.5. The normalized spacial score (nSPS) is 13.2. The second kappa shape index (κ2) is 6.70. The summed E-state index contributed by atoms with van der Waals surface area (Å²) >= 11 is 3.31. The quantitative estimate of drug-likeness (QED) is 0.575. The predicted molar refractivity (Wildman–Crippen MR) is 57.4 cm³/mol. The summed E-state index contributed by atoms with van der Waals surface area (Å²) < 4.78 is 39.5. The van der Waals surface area contributed by atoms with Crippen molar-refractivity contribution < 1.29 is 17.9 Å². The second-order valence-corrected chi connectivity index (χ2v) is 4.71. The van der Waals surface area contributed by atoms with Gasteiger partial charge in [-0.1, -0.05) is 15.9 Å². The first-order valence-corrected chi connectivity index (χ1v) is 5.84. The third kappa shape index (κ3) is 10.5. The molecule has 92 valence electrons. The first-order valence-electron chi connectivity index (χ1n) is 4.72. The van der Waals surface area contributed by atoms with Crippen molar-refractivity contribution in [3.8, 4) is 0 Å². The highest BCUT2D eigenvalue weighted by molar-refractivity contribution is 9.09. The lowest BCUT2D eigenvalue weighted by Gasteiger charge is -2.25. The minimum absolute atomic E-state index is 0.0746. The Labute approximate surface area is 96.7 Å². The van der Waals surface area contributed by atoms with E-state index < -0.39 is 12.8 Å². The minimum atomic E-state index is -4.23. The molecule has 0 atom stereocenters. The molecular formula is C9H17BrF3NO. The van der Waals surface area contributed by atoms with E-state index >= 15 is 0 Å². The van der Waals surface area contributed by atoms with Crippen molar-refractivity contribution >= 4 is 15.9 Å². The molecule has 15 heavy (non-hydrogen) atoms. The molecule has 0 bridgehead atoms. The van der Waals surface area contributed by atoms with Crippen LogP contribution in [-0.4, -0.2) is 36.8 Å². The van der Waals surface area contributed by atoms with Crippen molar-refractivity contribution in [1.82, 2.24) is 5.32 Å². The van der Waals surface area contributed by atoms with Gasteiger partial charge in [-0.25, -0.2) is 0 Å². The van der Waals surface area contributed by atoms with E-state index in [4.69, 9.17) is 0 Å². The maximum atomic E-state index is 11.7. The van der Waals surface area contributed by atoms with Crippen LogP contribution in [0.1, 0.15) is 20.3 Å². The molecule has 0 amide bonds. The van der Waals surface area contributed by atoms with E-state index in [2.05, 4.69) is 26.0 Å². The van der Waals surface area contributed by atoms with Gasteiger partial charge < -0.3 is 10.1 Å². The molecule has 0 rings (SSSR count). The van der Waals surface area contributed by atoms with Gasteiger partial charge in [0.2, 0.25) is 0 Å². The van der Waals surface area contributed by atoms with E-state index in [-0.39, 0.29) is 12.1 Å². The molecule has 2 nitrogen and oxygen atoms in total. The van der Waals surface area contributed by atoms with Gasteiger partial charge in [0.25, 0.3) is 0 Å². The zero-order chi connectivity index (χ0) is 11.9. The highest BCUT2D eigenvalue weighted by Crippen LogP contribution is 2.14. The van der Waals surface area contributed by atoms with Gasteiger partial charge in [-0.2, -0.15) is 13.2 Å². The fraction of sp³-hybridized carbons (Fsp3) is 1.00. The topological polar surface area (TPSA) is 21.3 Å². The smallest absolute Gasteiger partial charge is 0.371 e. The van der Waals surface area contributed by atoms with Gasteiger partial charge in [0.1, 0.15) is 6.61 Å². The first kappa shape index (κ1) is 15.2. The van der Waals surface area contributed by atoms with Gasteiger partial charge in [0.15, 0.2) is 0 Å². The van der Waals surface area contributed by atoms with E-state index in [0.29, 0.717) is 6.54 Å². The third-order valence-electron chi connectivity index (χ3n) is 1.84. The van der Waals surface area contributed by atoms with Crippen LogP contribution >= 0.6 is 15.9 Å². The van der Waals surface area contributed by atoms with Crippen LogP contribution in [0.3, 0.4) is 0 Å². The molecule has 0 aliphatic heterocycles. The van der Waals surface area contributed by atoms with E-state index in [1.165, 1.54) is 0 Å². The van der Waals surface area contributed by atoms with Crippen LogP contribution < -0.4 is 5.32 Å². The van der Waals surface area contributed by atoms with Crippen LogP contribution in [0.2, 0.25) is 0 Å². The highest BCUT2D eigenvalue weighted by Gasteiger charge is 2.27. The highest BCUT2D eigenvalue weighted by atomic mass is 79.9. The van der Waals surface area contributed by atoms with E-state index in [9.17, 15) is 13.2 Å². The lowest BCUT2D eigenvalue weighted by Crippen LogP contribution is -2.41. The Morgan fingerprint density at radius 3 is 2.33 bits per heavy atom. The summed E-state index contributed by atoms with van der Waals surface area (Å²) in [5, 5.41) is 3.98. The van der Waals surface area contributed by atoms with Crippen LogP contribution in [0.25, 0.3) is 0 Å². The number of hydrogen-bond donors (Lipinski definition) is 1. The molecule has 0 saturated heterocycles. The summed E-state index contributed by atoms with van der Waals surface area (Å²) in [6.07, 6.45) is -3.32.